The van der Waals surface area contributed by atoms with Crippen LogP contribution >= 0.6 is 0 Å². The Kier molecular flexibility index (Phi) is 3.18. The Morgan fingerprint density at radius 3 is 2.40 bits per heavy atom. The fourth-order valence-corrected chi connectivity index (χ4v) is 2.04. The summed E-state index contributed by atoms with van der Waals surface area (Å²) in [6.45, 7) is 1.79. The number of likely N-dealkylation sites (tertiary alicyclic amines) is 1. The Morgan fingerprint density at radius 2 is 2.13 bits per heavy atom. The largest absolute Gasteiger partial charge is 0.479 e. The molecule has 6 heteroatoms. The monoisotopic (exact) mass is 217 g/mol. The maximum Gasteiger partial charge on any atom is 0.408 e. The number of amides is 1. The number of ether oxygens (including phenoxy) is 1. The molecule has 0 bridgehead atoms. The van der Waals surface area contributed by atoms with Gasteiger partial charge in [-0.25, -0.2) is 9.59 Å². The number of aliphatic carboxylic acids is 1. The van der Waals surface area contributed by atoms with Crippen molar-refractivity contribution in [3.63, 3.8) is 0 Å². The van der Waals surface area contributed by atoms with E-state index in [0.29, 0.717) is 0 Å². The minimum absolute atomic E-state index is 0.117. The molecule has 86 valence electrons. The average molecular weight is 217 g/mol. The molecule has 0 aromatic carbocycles. The lowest BCUT2D eigenvalue weighted by Crippen LogP contribution is -2.52. The third-order valence-corrected chi connectivity index (χ3v) is 3.02. The third kappa shape index (κ3) is 1.77. The van der Waals surface area contributed by atoms with E-state index in [0.717, 1.165) is 4.90 Å². The van der Waals surface area contributed by atoms with Gasteiger partial charge in [0.25, 0.3) is 0 Å². The number of hydrogen-bond acceptors (Lipinski definition) is 3. The van der Waals surface area contributed by atoms with Crippen LogP contribution in [0.25, 0.3) is 0 Å². The highest BCUT2D eigenvalue weighted by Gasteiger charge is 2.52. The van der Waals surface area contributed by atoms with Gasteiger partial charge >= 0.3 is 12.1 Å². The fraction of sp³-hybridized carbons (Fsp3) is 0.778. The van der Waals surface area contributed by atoms with Crippen LogP contribution in [0.3, 0.4) is 0 Å². The maximum absolute atomic E-state index is 11.2. The SMILES string of the molecule is CC[C@]1(C(=O)O)C[C@@H](OC)CN1C(=O)O. The van der Waals surface area contributed by atoms with E-state index < -0.39 is 17.6 Å². The number of nitrogens with zero attached hydrogens (tertiary/aromatic N) is 1. The second-order valence-corrected chi connectivity index (χ2v) is 3.65. The van der Waals surface area contributed by atoms with Crippen LogP contribution in [-0.4, -0.2) is 52.5 Å². The molecule has 0 aromatic rings. The summed E-state index contributed by atoms with van der Waals surface area (Å²) in [6, 6.07) is 0. The molecule has 1 heterocycles. The molecular weight excluding hydrogens is 202 g/mol. The standard InChI is InChI=1S/C9H15NO5/c1-3-9(7(11)12)4-6(15-2)5-10(9)8(13)14/h6H,3-5H2,1-2H3,(H,11,12)(H,13,14)/t6-,9-/m1/s1. The summed E-state index contributed by atoms with van der Waals surface area (Å²) in [6.07, 6.45) is -1.09. The van der Waals surface area contributed by atoms with Crippen LogP contribution in [0.2, 0.25) is 0 Å². The van der Waals surface area contributed by atoms with Crippen LogP contribution in [-0.2, 0) is 9.53 Å². The van der Waals surface area contributed by atoms with E-state index in [-0.39, 0.29) is 25.5 Å². The molecule has 1 amide bonds. The molecule has 0 aliphatic carbocycles. The first-order valence-electron chi connectivity index (χ1n) is 4.74. The highest BCUT2D eigenvalue weighted by molar-refractivity contribution is 5.84. The molecule has 0 aromatic heterocycles. The van der Waals surface area contributed by atoms with Crippen molar-refractivity contribution in [1.82, 2.24) is 4.90 Å². The van der Waals surface area contributed by atoms with E-state index in [1.165, 1.54) is 7.11 Å². The lowest BCUT2D eigenvalue weighted by molar-refractivity contribution is -0.149. The smallest absolute Gasteiger partial charge is 0.408 e. The zero-order valence-corrected chi connectivity index (χ0v) is 8.77. The Bertz CT molecular complexity index is 280. The topological polar surface area (TPSA) is 87.1 Å². The van der Waals surface area contributed by atoms with E-state index >= 15 is 0 Å². The summed E-state index contributed by atoms with van der Waals surface area (Å²) < 4.78 is 5.03. The minimum atomic E-state index is -1.33. The van der Waals surface area contributed by atoms with Crippen molar-refractivity contribution in [3.05, 3.63) is 0 Å². The summed E-state index contributed by atoms with van der Waals surface area (Å²) in [5.74, 6) is -1.10. The average Bonchev–Trinajstić information content (AvgIpc) is 2.57. The Labute approximate surface area is 87.4 Å². The number of hydrogen-bond donors (Lipinski definition) is 2. The third-order valence-electron chi connectivity index (χ3n) is 3.02. The van der Waals surface area contributed by atoms with Crippen LogP contribution in [0.4, 0.5) is 4.79 Å². The molecule has 2 atom stereocenters. The summed E-state index contributed by atoms with van der Waals surface area (Å²) >= 11 is 0. The van der Waals surface area contributed by atoms with Crippen molar-refractivity contribution in [1.29, 1.82) is 0 Å². The number of carboxylic acid groups (broad SMARTS) is 2. The van der Waals surface area contributed by atoms with Crippen molar-refractivity contribution >= 4 is 12.1 Å². The van der Waals surface area contributed by atoms with Gasteiger partial charge in [-0.1, -0.05) is 6.92 Å². The molecule has 1 rings (SSSR count). The highest BCUT2D eigenvalue weighted by atomic mass is 16.5. The molecule has 1 aliphatic heterocycles. The van der Waals surface area contributed by atoms with Gasteiger partial charge in [0.2, 0.25) is 0 Å². The summed E-state index contributed by atoms with van der Waals surface area (Å²) in [5.41, 5.74) is -1.33. The van der Waals surface area contributed by atoms with Crippen LogP contribution < -0.4 is 0 Å². The number of rotatable bonds is 3. The van der Waals surface area contributed by atoms with Gasteiger partial charge in [-0.3, -0.25) is 4.90 Å². The van der Waals surface area contributed by atoms with Crippen LogP contribution in [0.1, 0.15) is 19.8 Å². The van der Waals surface area contributed by atoms with E-state index in [2.05, 4.69) is 0 Å². The molecule has 6 nitrogen and oxygen atoms in total. The van der Waals surface area contributed by atoms with Gasteiger partial charge in [0.05, 0.1) is 12.6 Å². The molecule has 0 radical (unpaired) electrons. The quantitative estimate of drug-likeness (QED) is 0.723. The predicted molar refractivity (Wildman–Crippen MR) is 50.8 cm³/mol. The Hall–Kier alpha value is -1.30. The van der Waals surface area contributed by atoms with Gasteiger partial charge in [-0.2, -0.15) is 0 Å². The van der Waals surface area contributed by atoms with Gasteiger partial charge < -0.3 is 14.9 Å². The maximum atomic E-state index is 11.2. The van der Waals surface area contributed by atoms with E-state index in [1.807, 2.05) is 0 Å². The van der Waals surface area contributed by atoms with Crippen LogP contribution in [0.5, 0.6) is 0 Å². The van der Waals surface area contributed by atoms with E-state index in [9.17, 15) is 9.59 Å². The highest BCUT2D eigenvalue weighted by Crippen LogP contribution is 2.34. The molecule has 15 heavy (non-hydrogen) atoms. The molecule has 0 unspecified atom stereocenters. The lowest BCUT2D eigenvalue weighted by atomic mass is 9.92. The second kappa shape index (κ2) is 4.06. The first kappa shape index (κ1) is 11.8. The van der Waals surface area contributed by atoms with Crippen LogP contribution in [0, 0.1) is 0 Å². The van der Waals surface area contributed by atoms with Gasteiger partial charge in [0, 0.05) is 13.5 Å². The predicted octanol–water partition coefficient (Wildman–Crippen LogP) is 0.619. The van der Waals surface area contributed by atoms with Crippen LogP contribution in [0.15, 0.2) is 0 Å². The minimum Gasteiger partial charge on any atom is -0.479 e. The lowest BCUT2D eigenvalue weighted by Gasteiger charge is -2.30. The normalized spacial score (nSPS) is 30.5. The molecule has 1 aliphatic rings. The van der Waals surface area contributed by atoms with Crippen molar-refractivity contribution in [3.8, 4) is 0 Å². The number of carbonyl (C=O) groups is 2. The molecule has 2 N–H and O–H groups in total. The Balaban J connectivity index is 3.02. The van der Waals surface area contributed by atoms with Gasteiger partial charge in [0.1, 0.15) is 5.54 Å². The Morgan fingerprint density at radius 1 is 1.53 bits per heavy atom. The van der Waals surface area contributed by atoms with E-state index in [4.69, 9.17) is 14.9 Å². The zero-order chi connectivity index (χ0) is 11.6. The molecule has 0 spiro atoms. The zero-order valence-electron chi connectivity index (χ0n) is 8.77. The summed E-state index contributed by atoms with van der Waals surface area (Å²) in [7, 11) is 1.46. The van der Waals surface area contributed by atoms with Gasteiger partial charge in [-0.15, -0.1) is 0 Å². The van der Waals surface area contributed by atoms with E-state index in [1.54, 1.807) is 6.92 Å². The second-order valence-electron chi connectivity index (χ2n) is 3.65. The number of methoxy groups -OCH3 is 1. The molecular formula is C9H15NO5. The van der Waals surface area contributed by atoms with Crippen molar-refractivity contribution in [2.24, 2.45) is 0 Å². The van der Waals surface area contributed by atoms with Crippen molar-refractivity contribution < 1.29 is 24.5 Å². The van der Waals surface area contributed by atoms with Crippen molar-refractivity contribution in [2.45, 2.75) is 31.4 Å². The first-order valence-corrected chi connectivity index (χ1v) is 4.74. The summed E-state index contributed by atoms with van der Waals surface area (Å²) in [4.78, 5) is 23.1. The first-order chi connectivity index (χ1) is 6.97. The number of carboxylic acids is 1. The van der Waals surface area contributed by atoms with Crippen molar-refractivity contribution in [2.75, 3.05) is 13.7 Å². The van der Waals surface area contributed by atoms with Gasteiger partial charge in [-0.05, 0) is 6.42 Å². The molecule has 0 saturated carbocycles. The summed E-state index contributed by atoms with van der Waals surface area (Å²) in [5, 5.41) is 18.1. The fourth-order valence-electron chi connectivity index (χ4n) is 2.04. The molecule has 1 saturated heterocycles. The molecule has 1 fully saturated rings. The van der Waals surface area contributed by atoms with Gasteiger partial charge in [0.15, 0.2) is 0 Å².